The quantitative estimate of drug-likeness (QED) is 0.307. The Labute approximate surface area is 221 Å². The van der Waals surface area contributed by atoms with Crippen LogP contribution < -0.4 is 5.32 Å². The molecule has 1 aliphatic rings. The Morgan fingerprint density at radius 1 is 1.24 bits per heavy atom. The normalized spacial score (nSPS) is 17.9. The van der Waals surface area contributed by atoms with Gasteiger partial charge in [0, 0.05) is 29.4 Å². The van der Waals surface area contributed by atoms with Crippen LogP contribution >= 0.6 is 0 Å². The van der Waals surface area contributed by atoms with E-state index in [1.165, 1.54) is 23.1 Å². The topological polar surface area (TPSA) is 118 Å². The van der Waals surface area contributed by atoms with Crippen LogP contribution in [-0.4, -0.2) is 42.5 Å². The lowest BCUT2D eigenvalue weighted by Gasteiger charge is -2.26. The number of amides is 2. The fourth-order valence-electron chi connectivity index (χ4n) is 4.83. The molecule has 2 amide bonds. The van der Waals surface area contributed by atoms with E-state index >= 15 is 4.39 Å². The molecule has 38 heavy (non-hydrogen) atoms. The van der Waals surface area contributed by atoms with Crippen LogP contribution in [-0.2, 0) is 4.79 Å². The minimum Gasteiger partial charge on any atom is -0.319 e. The van der Waals surface area contributed by atoms with E-state index in [9.17, 15) is 9.59 Å². The summed E-state index contributed by atoms with van der Waals surface area (Å²) in [6, 6.07) is 2.35. The molecule has 2 N–H and O–H groups in total. The number of nitrogens with zero attached hydrogens (tertiary/aromatic N) is 5. The summed E-state index contributed by atoms with van der Waals surface area (Å²) < 4.78 is 16.5. The van der Waals surface area contributed by atoms with Gasteiger partial charge in [0.15, 0.2) is 5.82 Å². The third-order valence-electron chi connectivity index (χ3n) is 6.98. The number of hydrogen-bond donors (Lipinski definition) is 2. The summed E-state index contributed by atoms with van der Waals surface area (Å²) in [4.78, 5) is 35.2. The molecule has 1 fully saturated rings. The smallest absolute Gasteiger partial charge is 0.295 e. The molecular formula is C28H32FN7O2. The third kappa shape index (κ3) is 5.53. The summed E-state index contributed by atoms with van der Waals surface area (Å²) in [6.07, 6.45) is 9.39. The average molecular weight is 518 g/mol. The number of allylic oxidation sites excluding steroid dienone is 2. The first kappa shape index (κ1) is 26.8. The maximum atomic E-state index is 15.0. The van der Waals surface area contributed by atoms with Gasteiger partial charge in [0.2, 0.25) is 0 Å². The Bertz CT molecular complexity index is 1370. The predicted octanol–water partition coefficient (Wildman–Crippen LogP) is 5.38. The molecular weight excluding hydrogens is 485 g/mol. The van der Waals surface area contributed by atoms with Crippen LogP contribution in [0.15, 0.2) is 54.8 Å². The van der Waals surface area contributed by atoms with Crippen LogP contribution in [0.2, 0.25) is 0 Å². The van der Waals surface area contributed by atoms with E-state index in [-0.39, 0.29) is 28.7 Å². The maximum Gasteiger partial charge on any atom is 0.295 e. The zero-order valence-corrected chi connectivity index (χ0v) is 21.9. The lowest BCUT2D eigenvalue weighted by atomic mass is 9.80. The van der Waals surface area contributed by atoms with E-state index in [4.69, 9.17) is 0 Å². The molecule has 3 aromatic heterocycles. The van der Waals surface area contributed by atoms with E-state index in [2.05, 4.69) is 50.7 Å². The highest BCUT2D eigenvalue weighted by Gasteiger charge is 2.29. The molecule has 9 nitrogen and oxygen atoms in total. The number of nitrogens with one attached hydrogen (secondary N) is 2. The first-order chi connectivity index (χ1) is 18.2. The number of aromatic nitrogens is 5. The minimum atomic E-state index is -0.597. The highest BCUT2D eigenvalue weighted by molar-refractivity contribution is 6.45. The number of aliphatic imine (C=N–C) groups is 1. The van der Waals surface area contributed by atoms with E-state index < -0.39 is 23.7 Å². The minimum absolute atomic E-state index is 0.120. The van der Waals surface area contributed by atoms with Crippen molar-refractivity contribution in [1.29, 1.82) is 0 Å². The van der Waals surface area contributed by atoms with Crippen molar-refractivity contribution in [2.75, 3.05) is 5.32 Å². The summed E-state index contributed by atoms with van der Waals surface area (Å²) in [7, 11) is 0. The summed E-state index contributed by atoms with van der Waals surface area (Å²) in [5.41, 5.74) is 2.55. The largest absolute Gasteiger partial charge is 0.319 e. The van der Waals surface area contributed by atoms with Crippen molar-refractivity contribution in [3.05, 3.63) is 72.7 Å². The third-order valence-corrected chi connectivity index (χ3v) is 6.98. The van der Waals surface area contributed by atoms with Crippen LogP contribution in [0, 0.1) is 31.5 Å². The molecule has 0 unspecified atom stereocenters. The van der Waals surface area contributed by atoms with Gasteiger partial charge in [-0.05, 0) is 38.7 Å². The highest BCUT2D eigenvalue weighted by Crippen LogP contribution is 2.31. The summed E-state index contributed by atoms with van der Waals surface area (Å²) in [5.74, 6) is -1.41. The van der Waals surface area contributed by atoms with Crippen molar-refractivity contribution < 1.29 is 14.0 Å². The molecule has 3 heterocycles. The van der Waals surface area contributed by atoms with Gasteiger partial charge in [0.1, 0.15) is 17.1 Å². The second-order valence-corrected chi connectivity index (χ2v) is 9.70. The number of carbonyl (C=O) groups is 2. The van der Waals surface area contributed by atoms with Gasteiger partial charge in [-0.15, -0.1) is 13.2 Å². The average Bonchev–Trinajstić information content (AvgIpc) is 3.51. The van der Waals surface area contributed by atoms with Crippen molar-refractivity contribution in [3.63, 3.8) is 0 Å². The van der Waals surface area contributed by atoms with Crippen molar-refractivity contribution in [2.24, 2.45) is 16.8 Å². The van der Waals surface area contributed by atoms with Crippen molar-refractivity contribution in [3.8, 4) is 11.3 Å². The van der Waals surface area contributed by atoms with Crippen LogP contribution in [0.5, 0.6) is 0 Å². The van der Waals surface area contributed by atoms with Crippen LogP contribution in [0.4, 0.5) is 10.1 Å². The summed E-state index contributed by atoms with van der Waals surface area (Å²) >= 11 is 0. The van der Waals surface area contributed by atoms with Gasteiger partial charge in [-0.2, -0.15) is 10.2 Å². The fourth-order valence-corrected chi connectivity index (χ4v) is 4.83. The van der Waals surface area contributed by atoms with Gasteiger partial charge < -0.3 is 5.32 Å². The monoisotopic (exact) mass is 517 g/mol. The number of aryl methyl sites for hydroxylation is 2. The van der Waals surface area contributed by atoms with Crippen LogP contribution in [0.1, 0.15) is 60.5 Å². The first-order valence-corrected chi connectivity index (χ1v) is 12.6. The first-order valence-electron chi connectivity index (χ1n) is 12.6. The molecule has 0 spiro atoms. The van der Waals surface area contributed by atoms with Crippen molar-refractivity contribution >= 4 is 23.2 Å². The SMILES string of the molecule is C=CC(C=C)n1nccc1C(=O)N=C(C(=O)Nc1cnc(-c2c(C)n[nH]c2C)c(F)c1)C1CCC(C)CC1. The Kier molecular flexibility index (Phi) is 8.09. The molecule has 198 valence electrons. The van der Waals surface area contributed by atoms with E-state index in [0.717, 1.165) is 25.7 Å². The predicted molar refractivity (Wildman–Crippen MR) is 144 cm³/mol. The zero-order chi connectivity index (χ0) is 27.4. The number of anilines is 1. The molecule has 4 rings (SSSR count). The lowest BCUT2D eigenvalue weighted by Crippen LogP contribution is -2.33. The second-order valence-electron chi connectivity index (χ2n) is 9.70. The Balaban J connectivity index is 1.63. The number of pyridine rings is 1. The molecule has 0 aliphatic heterocycles. The number of H-pyrrole nitrogens is 1. The van der Waals surface area contributed by atoms with Crippen molar-refractivity contribution in [2.45, 2.75) is 52.5 Å². The van der Waals surface area contributed by atoms with Gasteiger partial charge in [-0.3, -0.25) is 19.7 Å². The second kappa shape index (κ2) is 11.5. The molecule has 0 bridgehead atoms. The van der Waals surface area contributed by atoms with Crippen LogP contribution in [0.3, 0.4) is 0 Å². The molecule has 1 saturated carbocycles. The van der Waals surface area contributed by atoms with Crippen LogP contribution in [0.25, 0.3) is 11.3 Å². The molecule has 10 heteroatoms. The fraction of sp³-hybridized carbons (Fsp3) is 0.357. The van der Waals surface area contributed by atoms with Gasteiger partial charge in [0.05, 0.1) is 23.6 Å². The number of hydrogen-bond acceptors (Lipinski definition) is 5. The Hall–Kier alpha value is -4.21. The highest BCUT2D eigenvalue weighted by atomic mass is 19.1. The molecule has 0 radical (unpaired) electrons. The van der Waals surface area contributed by atoms with E-state index in [1.54, 1.807) is 32.1 Å². The molecule has 3 aromatic rings. The maximum absolute atomic E-state index is 15.0. The lowest BCUT2D eigenvalue weighted by molar-refractivity contribution is -0.110. The number of carbonyl (C=O) groups excluding carboxylic acids is 2. The zero-order valence-electron chi connectivity index (χ0n) is 21.9. The number of halogens is 1. The standard InChI is InChI=1S/C28H32FN7O2/c1-6-21(7-2)36-23(12-13-31-36)27(37)33-25(19-10-8-16(3)9-11-19)28(38)32-20-14-22(29)26(30-15-20)24-17(4)34-35-18(24)5/h6-7,12-16,19,21H,1-2,8-11H2,3-5H3,(H,32,38)(H,34,35). The summed E-state index contributed by atoms with van der Waals surface area (Å²) in [6.45, 7) is 13.2. The van der Waals surface area contributed by atoms with E-state index in [1.807, 2.05) is 0 Å². The molecule has 1 aliphatic carbocycles. The molecule has 0 atom stereocenters. The number of aromatic amines is 1. The van der Waals surface area contributed by atoms with E-state index in [0.29, 0.717) is 22.9 Å². The van der Waals surface area contributed by atoms with Gasteiger partial charge >= 0.3 is 0 Å². The van der Waals surface area contributed by atoms with Crippen molar-refractivity contribution in [1.82, 2.24) is 25.0 Å². The number of rotatable bonds is 8. The van der Waals surface area contributed by atoms with Gasteiger partial charge in [-0.25, -0.2) is 14.1 Å². The summed E-state index contributed by atoms with van der Waals surface area (Å²) in [5, 5.41) is 13.8. The van der Waals surface area contributed by atoms with Gasteiger partial charge in [-0.1, -0.05) is 31.9 Å². The molecule has 0 saturated heterocycles. The molecule has 0 aromatic carbocycles. The Morgan fingerprint density at radius 3 is 2.55 bits per heavy atom. The Morgan fingerprint density at radius 2 is 1.95 bits per heavy atom. The van der Waals surface area contributed by atoms with Gasteiger partial charge in [0.25, 0.3) is 11.8 Å².